The van der Waals surface area contributed by atoms with Gasteiger partial charge in [0.05, 0.1) is 21.3 Å². The number of hydrogen-bond donors (Lipinski definition) is 1. The van der Waals surface area contributed by atoms with Crippen LogP contribution in [0.15, 0.2) is 22.5 Å². The Kier molecular flexibility index (Phi) is 6.44. The number of ether oxygens (including phenoxy) is 3. The fourth-order valence-electron chi connectivity index (χ4n) is 1.91. The number of carbonyl (C=O) groups is 1. The van der Waals surface area contributed by atoms with Gasteiger partial charge in [0.2, 0.25) is 16.8 Å². The minimum absolute atomic E-state index is 0.310. The molecule has 0 bridgehead atoms. The highest BCUT2D eigenvalue weighted by atomic mass is 32.2. The van der Waals surface area contributed by atoms with Crippen molar-refractivity contribution in [2.24, 2.45) is 0 Å². The van der Waals surface area contributed by atoms with Gasteiger partial charge in [0.25, 0.3) is 0 Å². The van der Waals surface area contributed by atoms with Gasteiger partial charge < -0.3 is 14.2 Å². The molecular weight excluding hydrogens is 350 g/mol. The zero-order valence-corrected chi connectivity index (χ0v) is 15.3. The Morgan fingerprint density at radius 2 is 1.92 bits per heavy atom. The van der Waals surface area contributed by atoms with Crippen molar-refractivity contribution in [2.75, 3.05) is 32.9 Å². The first-order valence-corrected chi connectivity index (χ1v) is 8.82. The number of amides is 1. The van der Waals surface area contributed by atoms with Crippen molar-refractivity contribution in [1.82, 2.24) is 10.2 Å². The van der Waals surface area contributed by atoms with Crippen LogP contribution in [-0.4, -0.2) is 43.7 Å². The number of benzene rings is 1. The fraction of sp³-hybridized carbons (Fsp3) is 0.267. The van der Waals surface area contributed by atoms with Crippen LogP contribution in [-0.2, 0) is 4.79 Å². The van der Waals surface area contributed by atoms with E-state index in [4.69, 9.17) is 14.2 Å². The van der Waals surface area contributed by atoms with E-state index in [1.54, 1.807) is 25.3 Å². The molecule has 0 fully saturated rings. The van der Waals surface area contributed by atoms with Crippen molar-refractivity contribution in [3.8, 4) is 17.2 Å². The summed E-state index contributed by atoms with van der Waals surface area (Å²) in [5.74, 6) is 1.20. The second kappa shape index (κ2) is 8.55. The van der Waals surface area contributed by atoms with E-state index in [2.05, 4.69) is 15.5 Å². The molecule has 2 rings (SSSR count). The summed E-state index contributed by atoms with van der Waals surface area (Å²) < 4.78 is 16.7. The van der Waals surface area contributed by atoms with Crippen molar-refractivity contribution < 1.29 is 19.0 Å². The van der Waals surface area contributed by atoms with E-state index in [-0.39, 0.29) is 5.91 Å². The highest BCUT2D eigenvalue weighted by Crippen LogP contribution is 2.40. The number of nitrogens with zero attached hydrogens (tertiary/aromatic N) is 2. The number of hydrogen-bond acceptors (Lipinski definition) is 8. The third kappa shape index (κ3) is 4.18. The molecule has 9 heteroatoms. The summed E-state index contributed by atoms with van der Waals surface area (Å²) in [4.78, 5) is 12.0. The van der Waals surface area contributed by atoms with Crippen LogP contribution in [0.5, 0.6) is 17.2 Å². The van der Waals surface area contributed by atoms with E-state index >= 15 is 0 Å². The van der Waals surface area contributed by atoms with Crippen LogP contribution >= 0.6 is 23.1 Å². The Morgan fingerprint density at radius 3 is 2.50 bits per heavy atom. The van der Waals surface area contributed by atoms with Crippen molar-refractivity contribution in [3.05, 3.63) is 23.8 Å². The molecule has 128 valence electrons. The molecule has 24 heavy (non-hydrogen) atoms. The lowest BCUT2D eigenvalue weighted by molar-refractivity contribution is -0.111. The summed E-state index contributed by atoms with van der Waals surface area (Å²) in [7, 11) is 4.60. The summed E-state index contributed by atoms with van der Waals surface area (Å²) >= 11 is 2.79. The highest BCUT2D eigenvalue weighted by Gasteiger charge is 2.14. The molecule has 0 aliphatic rings. The Bertz CT molecular complexity index is 746. The Labute approximate surface area is 148 Å². The molecule has 0 spiro atoms. The molecule has 7 nitrogen and oxygen atoms in total. The quantitative estimate of drug-likeness (QED) is 0.458. The van der Waals surface area contributed by atoms with Gasteiger partial charge in [0.15, 0.2) is 15.8 Å². The molecule has 0 aliphatic carbocycles. The number of rotatable bonds is 7. The van der Waals surface area contributed by atoms with Crippen molar-refractivity contribution in [3.63, 3.8) is 0 Å². The number of anilines is 1. The van der Waals surface area contributed by atoms with Crippen molar-refractivity contribution in [2.45, 2.75) is 4.34 Å². The van der Waals surface area contributed by atoms with Gasteiger partial charge in [0.1, 0.15) is 0 Å². The maximum absolute atomic E-state index is 12.0. The normalized spacial score (nSPS) is 10.7. The van der Waals surface area contributed by atoms with Crippen LogP contribution in [0, 0.1) is 0 Å². The molecule has 0 saturated carbocycles. The second-order valence-electron chi connectivity index (χ2n) is 4.32. The van der Waals surface area contributed by atoms with Crippen LogP contribution < -0.4 is 19.5 Å². The summed E-state index contributed by atoms with van der Waals surface area (Å²) in [6.45, 7) is 0. The molecule has 1 aromatic carbocycles. The number of methoxy groups -OCH3 is 3. The third-order valence-corrected chi connectivity index (χ3v) is 4.77. The first-order chi connectivity index (χ1) is 11.6. The molecule has 1 aromatic heterocycles. The SMILES string of the molecule is COc1ccc(/C=C/C(=O)Nc2nnc(SC)s2)c(OC)c1OC. The van der Waals surface area contributed by atoms with Crippen LogP contribution in [0.25, 0.3) is 6.08 Å². The van der Waals surface area contributed by atoms with E-state index in [0.29, 0.717) is 27.9 Å². The maximum Gasteiger partial charge on any atom is 0.250 e. The van der Waals surface area contributed by atoms with E-state index in [1.165, 1.54) is 43.4 Å². The molecule has 0 saturated heterocycles. The zero-order valence-electron chi connectivity index (χ0n) is 13.7. The number of nitrogens with one attached hydrogen (secondary N) is 1. The van der Waals surface area contributed by atoms with Crippen LogP contribution in [0.4, 0.5) is 5.13 Å². The van der Waals surface area contributed by atoms with Gasteiger partial charge in [-0.2, -0.15) is 0 Å². The summed E-state index contributed by atoms with van der Waals surface area (Å²) in [5.41, 5.74) is 0.687. The monoisotopic (exact) mass is 367 g/mol. The summed E-state index contributed by atoms with van der Waals surface area (Å²) in [5, 5.41) is 10.9. The van der Waals surface area contributed by atoms with Gasteiger partial charge >= 0.3 is 0 Å². The molecule has 1 amide bonds. The van der Waals surface area contributed by atoms with E-state index < -0.39 is 0 Å². The molecule has 2 aromatic rings. The predicted octanol–water partition coefficient (Wildman–Crippen LogP) is 2.94. The molecule has 1 N–H and O–H groups in total. The summed E-state index contributed by atoms with van der Waals surface area (Å²) in [6, 6.07) is 3.52. The van der Waals surface area contributed by atoms with Gasteiger partial charge in [-0.05, 0) is 24.5 Å². The summed E-state index contributed by atoms with van der Waals surface area (Å²) in [6.07, 6.45) is 4.92. The van der Waals surface area contributed by atoms with E-state index in [0.717, 1.165) is 4.34 Å². The van der Waals surface area contributed by atoms with Gasteiger partial charge in [-0.25, -0.2) is 0 Å². The second-order valence-corrected chi connectivity index (χ2v) is 6.35. The largest absolute Gasteiger partial charge is 0.493 e. The van der Waals surface area contributed by atoms with E-state index in [1.807, 2.05) is 6.26 Å². The van der Waals surface area contributed by atoms with Crippen LogP contribution in [0.1, 0.15) is 5.56 Å². The van der Waals surface area contributed by atoms with Gasteiger partial charge in [0, 0.05) is 11.6 Å². The fourth-order valence-corrected chi connectivity index (χ4v) is 3.08. The standard InChI is InChI=1S/C15H17N3O4S2/c1-20-10-7-5-9(12(21-2)13(10)22-3)6-8-11(19)16-14-17-18-15(23-4)24-14/h5-8H,1-4H3,(H,16,17,19)/b8-6+. The topological polar surface area (TPSA) is 82.6 Å². The number of aromatic nitrogens is 2. The Balaban J connectivity index is 2.17. The Hall–Kier alpha value is -2.26. The smallest absolute Gasteiger partial charge is 0.250 e. The lowest BCUT2D eigenvalue weighted by Crippen LogP contribution is -2.07. The van der Waals surface area contributed by atoms with Gasteiger partial charge in [-0.15, -0.1) is 10.2 Å². The number of carbonyl (C=O) groups excluding carboxylic acids is 1. The molecule has 0 radical (unpaired) electrons. The van der Waals surface area contributed by atoms with Gasteiger partial charge in [-0.3, -0.25) is 10.1 Å². The maximum atomic E-state index is 12.0. The predicted molar refractivity (Wildman–Crippen MR) is 95.5 cm³/mol. The average molecular weight is 367 g/mol. The number of thioether (sulfide) groups is 1. The molecule has 0 atom stereocenters. The first-order valence-electron chi connectivity index (χ1n) is 6.78. The first kappa shape index (κ1) is 18.1. The molecule has 1 heterocycles. The third-order valence-electron chi connectivity index (χ3n) is 2.96. The average Bonchev–Trinajstić information content (AvgIpc) is 3.06. The lowest BCUT2D eigenvalue weighted by Gasteiger charge is -2.13. The minimum Gasteiger partial charge on any atom is -0.493 e. The van der Waals surface area contributed by atoms with Gasteiger partial charge in [-0.1, -0.05) is 23.1 Å². The molecule has 0 unspecified atom stereocenters. The minimum atomic E-state index is -0.310. The highest BCUT2D eigenvalue weighted by molar-refractivity contribution is 8.00. The zero-order chi connectivity index (χ0) is 17.5. The van der Waals surface area contributed by atoms with Crippen LogP contribution in [0.2, 0.25) is 0 Å². The Morgan fingerprint density at radius 1 is 1.17 bits per heavy atom. The molecular formula is C15H17N3O4S2. The van der Waals surface area contributed by atoms with Crippen LogP contribution in [0.3, 0.4) is 0 Å². The lowest BCUT2D eigenvalue weighted by atomic mass is 10.1. The molecule has 0 aliphatic heterocycles. The van der Waals surface area contributed by atoms with Crippen molar-refractivity contribution in [1.29, 1.82) is 0 Å². The van der Waals surface area contributed by atoms with E-state index in [9.17, 15) is 4.79 Å². The van der Waals surface area contributed by atoms with Crippen molar-refractivity contribution >= 4 is 40.2 Å².